The minimum atomic E-state index is -0.867. The molecule has 4 N–H and O–H groups in total. The van der Waals surface area contributed by atoms with E-state index >= 15 is 0 Å². The van der Waals surface area contributed by atoms with E-state index in [0.717, 1.165) is 9.17 Å². The number of nitrogens with zero attached hydrogens (tertiary/aromatic N) is 2. The van der Waals surface area contributed by atoms with Crippen molar-refractivity contribution < 1.29 is 10.8 Å². The Morgan fingerprint density at radius 3 is 3.00 bits per heavy atom. The van der Waals surface area contributed by atoms with Gasteiger partial charge in [-0.1, -0.05) is 34.7 Å². The molecular weight excluding hydrogens is 254 g/mol. The standard InChI is InChI=1S/C8H8ClN3OS2/c1-14-8-12-5-4(9)3(6(10)13)2-11-7(5)15-8/h2,6,13H,10H2,1H3/p+1. The average molecular weight is 263 g/mol. The van der Waals surface area contributed by atoms with Gasteiger partial charge in [0.25, 0.3) is 0 Å². The predicted molar refractivity (Wildman–Crippen MR) is 62.1 cm³/mol. The third-order valence-corrected chi connectivity index (χ3v) is 4.25. The first-order valence-electron chi connectivity index (χ1n) is 4.13. The molecule has 80 valence electrons. The number of aromatic nitrogens is 2. The highest BCUT2D eigenvalue weighted by Crippen LogP contribution is 2.33. The maximum Gasteiger partial charge on any atom is 0.215 e. The first kappa shape index (κ1) is 11.1. The van der Waals surface area contributed by atoms with Gasteiger partial charge >= 0.3 is 0 Å². The minimum Gasteiger partial charge on any atom is -0.341 e. The van der Waals surface area contributed by atoms with Crippen molar-refractivity contribution in [3.63, 3.8) is 0 Å². The molecule has 1 unspecified atom stereocenters. The molecular formula is C8H9ClN3OS2+. The average Bonchev–Trinajstić information content (AvgIpc) is 2.61. The molecule has 2 aromatic heterocycles. The molecule has 0 aliphatic carbocycles. The van der Waals surface area contributed by atoms with Gasteiger partial charge in [-0.25, -0.2) is 9.97 Å². The van der Waals surface area contributed by atoms with Crippen molar-refractivity contribution in [2.24, 2.45) is 0 Å². The summed E-state index contributed by atoms with van der Waals surface area (Å²) in [5.41, 5.74) is 4.67. The lowest BCUT2D eigenvalue weighted by molar-refractivity contribution is -0.490. The lowest BCUT2D eigenvalue weighted by atomic mass is 10.2. The second kappa shape index (κ2) is 4.23. The molecule has 7 heteroatoms. The smallest absolute Gasteiger partial charge is 0.215 e. The van der Waals surface area contributed by atoms with Crippen molar-refractivity contribution in [1.29, 1.82) is 0 Å². The maximum atomic E-state index is 9.36. The molecule has 0 spiro atoms. The van der Waals surface area contributed by atoms with Crippen molar-refractivity contribution in [3.8, 4) is 0 Å². The van der Waals surface area contributed by atoms with Gasteiger partial charge in [0.15, 0.2) is 4.34 Å². The fraction of sp³-hybridized carbons (Fsp3) is 0.250. The summed E-state index contributed by atoms with van der Waals surface area (Å²) < 4.78 is 0.912. The summed E-state index contributed by atoms with van der Waals surface area (Å²) in [5, 5.41) is 9.81. The van der Waals surface area contributed by atoms with Gasteiger partial charge in [-0.3, -0.25) is 0 Å². The molecule has 0 saturated heterocycles. The Bertz CT molecular complexity index is 500. The molecule has 2 rings (SSSR count). The zero-order chi connectivity index (χ0) is 11.0. The summed E-state index contributed by atoms with van der Waals surface area (Å²) in [5.74, 6) is 0. The molecule has 2 heterocycles. The summed E-state index contributed by atoms with van der Waals surface area (Å²) in [6, 6.07) is 0. The van der Waals surface area contributed by atoms with Crippen molar-refractivity contribution in [2.45, 2.75) is 10.6 Å². The molecule has 1 atom stereocenters. The topological polar surface area (TPSA) is 73.7 Å². The van der Waals surface area contributed by atoms with Crippen LogP contribution >= 0.6 is 34.7 Å². The predicted octanol–water partition coefficient (Wildman–Crippen LogP) is 1.30. The maximum absolute atomic E-state index is 9.36. The Balaban J connectivity index is 2.67. The Hall–Kier alpha value is -0.400. The number of halogens is 1. The largest absolute Gasteiger partial charge is 0.341 e. The number of hydrogen-bond acceptors (Lipinski definition) is 5. The fourth-order valence-electron chi connectivity index (χ4n) is 1.16. The molecule has 0 aliphatic rings. The molecule has 0 fully saturated rings. The third kappa shape index (κ3) is 1.95. The first-order valence-corrected chi connectivity index (χ1v) is 6.55. The number of aliphatic hydroxyl groups is 1. The zero-order valence-electron chi connectivity index (χ0n) is 7.90. The van der Waals surface area contributed by atoms with Gasteiger partial charge in [-0.2, -0.15) is 0 Å². The van der Waals surface area contributed by atoms with Crippen LogP contribution in [0, 0.1) is 0 Å². The molecule has 0 saturated carbocycles. The molecule has 0 aromatic carbocycles. The Morgan fingerprint density at radius 2 is 2.40 bits per heavy atom. The molecule has 4 nitrogen and oxygen atoms in total. The second-order valence-electron chi connectivity index (χ2n) is 2.88. The number of quaternary nitrogens is 1. The van der Waals surface area contributed by atoms with Gasteiger partial charge in [-0.05, 0) is 6.26 Å². The highest BCUT2D eigenvalue weighted by molar-refractivity contribution is 8.00. The van der Waals surface area contributed by atoms with E-state index in [9.17, 15) is 5.11 Å². The van der Waals surface area contributed by atoms with E-state index in [1.807, 2.05) is 6.26 Å². The van der Waals surface area contributed by atoms with Gasteiger partial charge in [0.05, 0.1) is 10.6 Å². The van der Waals surface area contributed by atoms with Crippen LogP contribution in [0.5, 0.6) is 0 Å². The van der Waals surface area contributed by atoms with E-state index in [1.54, 1.807) is 18.0 Å². The number of aliphatic hydroxyl groups excluding tert-OH is 1. The van der Waals surface area contributed by atoms with E-state index in [2.05, 4.69) is 15.7 Å². The molecule has 0 amide bonds. The van der Waals surface area contributed by atoms with Crippen molar-refractivity contribution in [3.05, 3.63) is 16.8 Å². The van der Waals surface area contributed by atoms with Crippen LogP contribution in [0.15, 0.2) is 10.5 Å². The first-order chi connectivity index (χ1) is 7.13. The normalized spacial score (nSPS) is 13.3. The van der Waals surface area contributed by atoms with Crippen molar-refractivity contribution in [1.82, 2.24) is 9.97 Å². The number of fused-ring (bicyclic) bond motifs is 1. The van der Waals surface area contributed by atoms with E-state index in [4.69, 9.17) is 11.6 Å². The third-order valence-electron chi connectivity index (χ3n) is 1.91. The molecule has 15 heavy (non-hydrogen) atoms. The van der Waals surface area contributed by atoms with Gasteiger partial charge in [0, 0.05) is 6.20 Å². The molecule has 0 aliphatic heterocycles. The number of thiazole rings is 1. The van der Waals surface area contributed by atoms with Crippen molar-refractivity contribution in [2.75, 3.05) is 6.26 Å². The summed E-state index contributed by atoms with van der Waals surface area (Å²) in [4.78, 5) is 9.30. The van der Waals surface area contributed by atoms with Gasteiger partial charge in [0.2, 0.25) is 6.23 Å². The van der Waals surface area contributed by atoms with Crippen molar-refractivity contribution >= 4 is 45.0 Å². The number of rotatable bonds is 2. The van der Waals surface area contributed by atoms with Crippen LogP contribution < -0.4 is 5.73 Å². The Labute approximate surface area is 99.5 Å². The lowest BCUT2D eigenvalue weighted by Crippen LogP contribution is -2.53. The quantitative estimate of drug-likeness (QED) is 0.632. The SMILES string of the molecule is CSc1nc2c(Cl)c(C([NH3+])O)cnc2s1. The van der Waals surface area contributed by atoms with Crippen LogP contribution in [0.3, 0.4) is 0 Å². The number of thioether (sulfide) groups is 1. The second-order valence-corrected chi connectivity index (χ2v) is 5.29. The van der Waals surface area contributed by atoms with E-state index in [1.165, 1.54) is 11.3 Å². The summed E-state index contributed by atoms with van der Waals surface area (Å²) in [6.45, 7) is 0. The van der Waals surface area contributed by atoms with E-state index < -0.39 is 6.23 Å². The van der Waals surface area contributed by atoms with Crippen LogP contribution in [-0.2, 0) is 0 Å². The number of hydrogen-bond donors (Lipinski definition) is 2. The van der Waals surface area contributed by atoms with E-state index in [-0.39, 0.29) is 0 Å². The molecule has 0 bridgehead atoms. The van der Waals surface area contributed by atoms with Crippen LogP contribution in [0.2, 0.25) is 5.02 Å². The van der Waals surface area contributed by atoms with Crippen LogP contribution in [0.1, 0.15) is 11.8 Å². The van der Waals surface area contributed by atoms with Crippen LogP contribution in [0.25, 0.3) is 10.3 Å². The van der Waals surface area contributed by atoms with Gasteiger partial charge in [-0.15, -0.1) is 0 Å². The fourth-order valence-corrected chi connectivity index (χ4v) is 2.93. The highest BCUT2D eigenvalue weighted by atomic mass is 35.5. The number of pyridine rings is 1. The highest BCUT2D eigenvalue weighted by Gasteiger charge is 2.16. The van der Waals surface area contributed by atoms with E-state index in [0.29, 0.717) is 16.1 Å². The molecule has 0 radical (unpaired) electrons. The zero-order valence-corrected chi connectivity index (χ0v) is 10.3. The molecule has 2 aromatic rings. The Kier molecular flexibility index (Phi) is 3.13. The summed E-state index contributed by atoms with van der Waals surface area (Å²) in [6.07, 6.45) is 2.63. The van der Waals surface area contributed by atoms with Crippen LogP contribution in [0.4, 0.5) is 0 Å². The van der Waals surface area contributed by atoms with Crippen LogP contribution in [-0.4, -0.2) is 21.3 Å². The van der Waals surface area contributed by atoms with Gasteiger partial charge in [0.1, 0.15) is 10.3 Å². The summed E-state index contributed by atoms with van der Waals surface area (Å²) in [7, 11) is 0. The minimum absolute atomic E-state index is 0.444. The van der Waals surface area contributed by atoms with Gasteiger partial charge < -0.3 is 10.8 Å². The Morgan fingerprint density at radius 1 is 1.67 bits per heavy atom. The lowest BCUT2D eigenvalue weighted by Gasteiger charge is -2.02. The monoisotopic (exact) mass is 262 g/mol. The summed E-state index contributed by atoms with van der Waals surface area (Å²) >= 11 is 9.14.